The minimum Gasteiger partial charge on any atom is -0.277 e. The average molecular weight is 408 g/mol. The first-order valence-corrected chi connectivity index (χ1v) is 9.89. The lowest BCUT2D eigenvalue weighted by atomic mass is 10.1. The van der Waals surface area contributed by atoms with Gasteiger partial charge < -0.3 is 0 Å². The number of benzene rings is 3. The van der Waals surface area contributed by atoms with Crippen molar-refractivity contribution in [2.75, 3.05) is 5.43 Å². The van der Waals surface area contributed by atoms with Crippen LogP contribution in [0.5, 0.6) is 0 Å². The van der Waals surface area contributed by atoms with Crippen LogP contribution < -0.4 is 16.4 Å². The average Bonchev–Trinajstić information content (AvgIpc) is 2.82. The van der Waals surface area contributed by atoms with Gasteiger partial charge in [0.05, 0.1) is 10.9 Å². The normalized spacial score (nSPS) is 10.2. The van der Waals surface area contributed by atoms with E-state index < -0.39 is 0 Å². The molecule has 0 fully saturated rings. The predicted octanol–water partition coefficient (Wildman–Crippen LogP) is 3.57. The molecule has 0 atom stereocenters. The number of aromatic nitrogens is 2. The number of hydrogen-bond donors (Lipinski definition) is 2. The Morgan fingerprint density at radius 2 is 1.55 bits per heavy atom. The highest BCUT2D eigenvalue weighted by Gasteiger charge is 2.11. The second-order valence-corrected chi connectivity index (χ2v) is 6.77. The fraction of sp³-hybridized carbons (Fsp3) is 0.0800. The molecule has 0 saturated heterocycles. The molecule has 0 aliphatic rings. The van der Waals surface area contributed by atoms with Crippen LogP contribution in [-0.4, -0.2) is 15.5 Å². The summed E-state index contributed by atoms with van der Waals surface area (Å²) in [6.45, 7) is 2.27. The summed E-state index contributed by atoms with van der Waals surface area (Å²) in [6, 6.07) is 23.8. The van der Waals surface area contributed by atoms with E-state index in [2.05, 4.69) is 27.7 Å². The minimum absolute atomic E-state index is 0.161. The summed E-state index contributed by atoms with van der Waals surface area (Å²) in [4.78, 5) is 29.6. The van der Waals surface area contributed by atoms with Crippen LogP contribution in [0.4, 0.5) is 5.95 Å². The van der Waals surface area contributed by atoms with Gasteiger partial charge in [-0.25, -0.2) is 4.98 Å². The van der Waals surface area contributed by atoms with Crippen molar-refractivity contribution in [3.8, 4) is 11.8 Å². The Morgan fingerprint density at radius 1 is 0.903 bits per heavy atom. The Balaban J connectivity index is 1.48. The number of para-hydroxylation sites is 1. The molecule has 1 heterocycles. The molecule has 3 aromatic carbocycles. The molecule has 0 radical (unpaired) electrons. The molecule has 0 aliphatic carbocycles. The number of anilines is 1. The van der Waals surface area contributed by atoms with Gasteiger partial charge in [-0.3, -0.25) is 25.0 Å². The van der Waals surface area contributed by atoms with Gasteiger partial charge in [0.25, 0.3) is 11.5 Å². The lowest BCUT2D eigenvalue weighted by Gasteiger charge is -2.14. The molecule has 1 aromatic heterocycles. The van der Waals surface area contributed by atoms with E-state index in [1.807, 2.05) is 43.3 Å². The van der Waals surface area contributed by atoms with Gasteiger partial charge in [0, 0.05) is 23.2 Å². The van der Waals surface area contributed by atoms with Gasteiger partial charge in [0.1, 0.15) is 0 Å². The summed E-state index contributed by atoms with van der Waals surface area (Å²) in [7, 11) is 0. The highest BCUT2D eigenvalue weighted by atomic mass is 16.2. The second-order valence-electron chi connectivity index (χ2n) is 6.77. The topological polar surface area (TPSA) is 76.0 Å². The van der Waals surface area contributed by atoms with E-state index in [1.165, 1.54) is 4.57 Å². The maximum Gasteiger partial charge on any atom is 0.269 e. The van der Waals surface area contributed by atoms with E-state index >= 15 is 0 Å². The van der Waals surface area contributed by atoms with E-state index in [1.54, 1.807) is 42.5 Å². The zero-order valence-electron chi connectivity index (χ0n) is 16.9. The number of nitrogens with zero attached hydrogens (tertiary/aromatic N) is 2. The maximum absolute atomic E-state index is 12.7. The van der Waals surface area contributed by atoms with Crippen molar-refractivity contribution in [3.05, 3.63) is 106 Å². The van der Waals surface area contributed by atoms with Crippen molar-refractivity contribution < 1.29 is 4.79 Å². The first kappa shape index (κ1) is 19.9. The van der Waals surface area contributed by atoms with Crippen molar-refractivity contribution in [1.82, 2.24) is 15.0 Å². The predicted molar refractivity (Wildman–Crippen MR) is 122 cm³/mol. The van der Waals surface area contributed by atoms with Gasteiger partial charge in [-0.2, -0.15) is 0 Å². The summed E-state index contributed by atoms with van der Waals surface area (Å²) in [5, 5.41) is 0.536. The Kier molecular flexibility index (Phi) is 5.77. The number of fused-ring (bicyclic) bond motifs is 1. The van der Waals surface area contributed by atoms with Crippen molar-refractivity contribution in [3.63, 3.8) is 0 Å². The largest absolute Gasteiger partial charge is 0.277 e. The van der Waals surface area contributed by atoms with E-state index in [4.69, 9.17) is 0 Å². The molecule has 4 rings (SSSR count). The highest BCUT2D eigenvalue weighted by molar-refractivity contribution is 5.95. The van der Waals surface area contributed by atoms with Crippen LogP contribution in [0.25, 0.3) is 10.9 Å². The Hall–Kier alpha value is -4.37. The van der Waals surface area contributed by atoms with Gasteiger partial charge in [-0.1, -0.05) is 42.2 Å². The monoisotopic (exact) mass is 408 g/mol. The van der Waals surface area contributed by atoms with E-state index in [0.717, 1.165) is 11.1 Å². The number of hydrazine groups is 1. The molecule has 4 aromatic rings. The zero-order valence-corrected chi connectivity index (χ0v) is 16.9. The summed E-state index contributed by atoms with van der Waals surface area (Å²) in [5.41, 5.74) is 8.00. The molecule has 0 saturated carbocycles. The summed E-state index contributed by atoms with van der Waals surface area (Å²) in [5.74, 6) is 6.11. The number of hydrogen-bond acceptors (Lipinski definition) is 4. The molecule has 0 spiro atoms. The number of carbonyl (C=O) groups excluding carboxylic acids is 1. The van der Waals surface area contributed by atoms with Gasteiger partial charge in [0.15, 0.2) is 0 Å². The number of nitrogens with one attached hydrogen (secondary N) is 2. The van der Waals surface area contributed by atoms with Gasteiger partial charge in [-0.15, -0.1) is 0 Å². The fourth-order valence-electron chi connectivity index (χ4n) is 3.11. The van der Waals surface area contributed by atoms with Crippen molar-refractivity contribution in [1.29, 1.82) is 0 Å². The Bertz CT molecular complexity index is 1350. The number of amides is 1. The van der Waals surface area contributed by atoms with Crippen LogP contribution in [0, 0.1) is 11.8 Å². The molecule has 0 bridgehead atoms. The van der Waals surface area contributed by atoms with Gasteiger partial charge in [0.2, 0.25) is 5.95 Å². The fourth-order valence-corrected chi connectivity index (χ4v) is 3.11. The van der Waals surface area contributed by atoms with Crippen LogP contribution in [0.3, 0.4) is 0 Å². The molecule has 6 nitrogen and oxygen atoms in total. The van der Waals surface area contributed by atoms with Crippen molar-refractivity contribution in [2.24, 2.45) is 0 Å². The van der Waals surface area contributed by atoms with E-state index in [9.17, 15) is 9.59 Å². The molecule has 0 unspecified atom stereocenters. The molecular weight excluding hydrogens is 388 g/mol. The van der Waals surface area contributed by atoms with E-state index in [0.29, 0.717) is 23.0 Å². The molecule has 6 heteroatoms. The lowest BCUT2D eigenvalue weighted by Crippen LogP contribution is -2.34. The Labute approximate surface area is 179 Å². The smallest absolute Gasteiger partial charge is 0.269 e. The molecule has 31 heavy (non-hydrogen) atoms. The van der Waals surface area contributed by atoms with Gasteiger partial charge in [-0.05, 0) is 55.5 Å². The molecule has 1 amide bonds. The molecule has 0 aliphatic heterocycles. The number of carbonyl (C=O) groups is 1. The Morgan fingerprint density at radius 3 is 2.26 bits per heavy atom. The SMILES string of the molecule is CCn1c(NNC(=O)c2ccc(C#Cc3ccccc3)cc2)nc2ccccc2c1=O. The highest BCUT2D eigenvalue weighted by Crippen LogP contribution is 2.11. The third kappa shape index (κ3) is 4.46. The van der Waals surface area contributed by atoms with Crippen LogP contribution in [0.2, 0.25) is 0 Å². The van der Waals surface area contributed by atoms with Crippen LogP contribution in [0.15, 0.2) is 83.7 Å². The second kappa shape index (κ2) is 8.97. The van der Waals surface area contributed by atoms with Crippen LogP contribution in [0.1, 0.15) is 28.4 Å². The summed E-state index contributed by atoms with van der Waals surface area (Å²) < 4.78 is 1.48. The third-order valence-corrected chi connectivity index (χ3v) is 4.74. The van der Waals surface area contributed by atoms with Crippen molar-refractivity contribution in [2.45, 2.75) is 13.5 Å². The first-order valence-electron chi connectivity index (χ1n) is 9.89. The molecular formula is C25H20N4O2. The number of rotatable bonds is 4. The van der Waals surface area contributed by atoms with E-state index in [-0.39, 0.29) is 17.4 Å². The molecule has 152 valence electrons. The summed E-state index contributed by atoms with van der Waals surface area (Å²) in [6.07, 6.45) is 0. The quantitative estimate of drug-likeness (QED) is 0.400. The minimum atomic E-state index is -0.340. The van der Waals surface area contributed by atoms with Crippen LogP contribution >= 0.6 is 0 Å². The first-order chi connectivity index (χ1) is 15.2. The molecule has 2 N–H and O–H groups in total. The van der Waals surface area contributed by atoms with Gasteiger partial charge >= 0.3 is 0 Å². The maximum atomic E-state index is 12.7. The van der Waals surface area contributed by atoms with Crippen molar-refractivity contribution >= 4 is 22.8 Å². The standard InChI is InChI=1S/C25H20N4O2/c1-2-29-24(31)21-10-6-7-11-22(21)26-25(29)28-27-23(30)20-16-14-19(15-17-20)13-12-18-8-4-3-5-9-18/h3-11,14-17H,2H2,1H3,(H,26,28)(H,27,30). The third-order valence-electron chi connectivity index (χ3n) is 4.74. The zero-order chi connectivity index (χ0) is 21.6. The van der Waals surface area contributed by atoms with Crippen LogP contribution in [-0.2, 0) is 6.54 Å². The lowest BCUT2D eigenvalue weighted by molar-refractivity contribution is 0.0962. The summed E-state index contributed by atoms with van der Waals surface area (Å²) >= 11 is 0.